The fourth-order valence-electron chi connectivity index (χ4n) is 2.53. The second-order valence-corrected chi connectivity index (χ2v) is 7.66. The summed E-state index contributed by atoms with van der Waals surface area (Å²) in [7, 11) is 0. The van der Waals surface area contributed by atoms with E-state index >= 15 is 0 Å². The Kier molecular flexibility index (Phi) is 5.33. The number of carbonyl (C=O) groups is 1. The molecule has 25 heavy (non-hydrogen) atoms. The number of ketones is 1. The van der Waals surface area contributed by atoms with Crippen LogP contribution in [0.4, 0.5) is 17.1 Å². The Hall–Kier alpha value is -2.00. The largest absolute Gasteiger partial charge is 0.311 e. The van der Waals surface area contributed by atoms with Crippen LogP contribution in [0.5, 0.6) is 0 Å². The molecule has 0 unspecified atom stereocenters. The van der Waals surface area contributed by atoms with E-state index in [2.05, 4.69) is 4.90 Å². The van der Waals surface area contributed by atoms with Crippen LogP contribution in [-0.4, -0.2) is 9.58 Å². The summed E-state index contributed by atoms with van der Waals surface area (Å²) in [5, 5.41) is 0. The average Bonchev–Trinajstić information content (AvgIpc) is 2.63. The Morgan fingerprint density at radius 2 is 1.04 bits per heavy atom. The van der Waals surface area contributed by atoms with E-state index in [0.717, 1.165) is 17.1 Å². The van der Waals surface area contributed by atoms with E-state index in [9.17, 15) is 4.79 Å². The highest BCUT2D eigenvalue weighted by atomic mass is 35.6. The third kappa shape index (κ3) is 4.16. The van der Waals surface area contributed by atoms with E-state index in [1.807, 2.05) is 72.8 Å². The van der Waals surface area contributed by atoms with Gasteiger partial charge in [0.25, 0.3) is 3.79 Å². The molecule has 0 radical (unpaired) electrons. The Morgan fingerprint density at radius 3 is 1.44 bits per heavy atom. The molecular formula is C20H14Cl3NO. The van der Waals surface area contributed by atoms with E-state index in [0.29, 0.717) is 5.56 Å². The predicted molar refractivity (Wildman–Crippen MR) is 106 cm³/mol. The van der Waals surface area contributed by atoms with Crippen molar-refractivity contribution in [1.82, 2.24) is 0 Å². The number of hydrogen-bond acceptors (Lipinski definition) is 2. The van der Waals surface area contributed by atoms with Gasteiger partial charge in [0.15, 0.2) is 0 Å². The maximum atomic E-state index is 12.1. The molecule has 5 heteroatoms. The van der Waals surface area contributed by atoms with Crippen LogP contribution < -0.4 is 4.90 Å². The molecule has 0 fully saturated rings. The van der Waals surface area contributed by atoms with Crippen LogP contribution in [0.2, 0.25) is 0 Å². The Labute approximate surface area is 161 Å². The lowest BCUT2D eigenvalue weighted by atomic mass is 10.1. The third-order valence-electron chi connectivity index (χ3n) is 3.67. The Balaban J connectivity index is 2.02. The quantitative estimate of drug-likeness (QED) is 0.364. The summed E-state index contributed by atoms with van der Waals surface area (Å²) in [4.78, 5) is 14.2. The summed E-state index contributed by atoms with van der Waals surface area (Å²) in [5.74, 6) is -0.546. The minimum Gasteiger partial charge on any atom is -0.311 e. The molecule has 0 saturated carbocycles. The number of nitrogens with zero attached hydrogens (tertiary/aromatic N) is 1. The molecule has 0 amide bonds. The van der Waals surface area contributed by atoms with Gasteiger partial charge in [-0.3, -0.25) is 4.79 Å². The lowest BCUT2D eigenvalue weighted by molar-refractivity contribution is 0.0996. The highest BCUT2D eigenvalue weighted by molar-refractivity contribution is 6.77. The molecule has 0 aliphatic rings. The first-order valence-corrected chi connectivity index (χ1v) is 8.72. The number of halogens is 3. The predicted octanol–water partition coefficient (Wildman–Crippen LogP) is 6.71. The number of alkyl halides is 3. The first kappa shape index (κ1) is 17.8. The molecule has 0 heterocycles. The highest BCUT2D eigenvalue weighted by Gasteiger charge is 2.31. The summed E-state index contributed by atoms with van der Waals surface area (Å²) in [6.45, 7) is 0. The second-order valence-electron chi connectivity index (χ2n) is 5.38. The standard InChI is InChI=1S/C20H14Cl3NO/c21-20(22,23)19(25)15-11-13-18(14-12-15)24(16-7-3-1-4-8-16)17-9-5-2-6-10-17/h1-14H. The highest BCUT2D eigenvalue weighted by Crippen LogP contribution is 2.35. The molecule has 3 aromatic rings. The summed E-state index contributed by atoms with van der Waals surface area (Å²) in [5.41, 5.74) is 3.27. The molecule has 3 rings (SSSR count). The zero-order valence-corrected chi connectivity index (χ0v) is 15.3. The van der Waals surface area contributed by atoms with Crippen molar-refractivity contribution in [2.75, 3.05) is 4.90 Å². The van der Waals surface area contributed by atoms with Crippen LogP contribution in [-0.2, 0) is 0 Å². The molecular weight excluding hydrogens is 377 g/mol. The van der Waals surface area contributed by atoms with Gasteiger partial charge in [0, 0.05) is 22.6 Å². The number of Topliss-reactive ketones (excluding diaryl/α,β-unsaturated/α-hetero) is 1. The summed E-state index contributed by atoms with van der Waals surface area (Å²) >= 11 is 17.0. The van der Waals surface area contributed by atoms with Gasteiger partial charge in [0.1, 0.15) is 0 Å². The maximum absolute atomic E-state index is 12.1. The van der Waals surface area contributed by atoms with Gasteiger partial charge >= 0.3 is 0 Å². The van der Waals surface area contributed by atoms with Crippen LogP contribution >= 0.6 is 34.8 Å². The Bertz CT molecular complexity index is 804. The number of para-hydroxylation sites is 2. The molecule has 0 atom stereocenters. The lowest BCUT2D eigenvalue weighted by Gasteiger charge is -2.25. The van der Waals surface area contributed by atoms with Crippen LogP contribution in [0.3, 0.4) is 0 Å². The van der Waals surface area contributed by atoms with Crippen molar-refractivity contribution in [3.63, 3.8) is 0 Å². The molecule has 0 bridgehead atoms. The van der Waals surface area contributed by atoms with Crippen LogP contribution in [0.1, 0.15) is 10.4 Å². The fourth-order valence-corrected chi connectivity index (χ4v) is 2.85. The van der Waals surface area contributed by atoms with Crippen LogP contribution in [0.15, 0.2) is 84.9 Å². The number of anilines is 3. The van der Waals surface area contributed by atoms with E-state index < -0.39 is 9.58 Å². The van der Waals surface area contributed by atoms with Crippen molar-refractivity contribution in [3.8, 4) is 0 Å². The zero-order chi connectivity index (χ0) is 17.9. The topological polar surface area (TPSA) is 20.3 Å². The van der Waals surface area contributed by atoms with E-state index in [1.54, 1.807) is 12.1 Å². The first-order valence-electron chi connectivity index (χ1n) is 7.58. The summed E-state index contributed by atoms with van der Waals surface area (Å²) in [6, 6.07) is 26.9. The van der Waals surface area contributed by atoms with Gasteiger partial charge in [-0.05, 0) is 48.5 Å². The first-order chi connectivity index (χ1) is 12.0. The molecule has 0 saturated heterocycles. The van der Waals surface area contributed by atoms with Crippen LogP contribution in [0, 0.1) is 0 Å². The summed E-state index contributed by atoms with van der Waals surface area (Å²) < 4.78 is -1.96. The third-order valence-corrected chi connectivity index (χ3v) is 4.19. The van der Waals surface area contributed by atoms with E-state index in [-0.39, 0.29) is 0 Å². The van der Waals surface area contributed by atoms with Gasteiger partial charge in [0.05, 0.1) is 0 Å². The van der Waals surface area contributed by atoms with E-state index in [4.69, 9.17) is 34.8 Å². The van der Waals surface area contributed by atoms with Crippen molar-refractivity contribution in [3.05, 3.63) is 90.5 Å². The molecule has 0 aromatic heterocycles. The van der Waals surface area contributed by atoms with Gasteiger partial charge in [-0.25, -0.2) is 0 Å². The van der Waals surface area contributed by atoms with Crippen molar-refractivity contribution < 1.29 is 4.79 Å². The lowest BCUT2D eigenvalue weighted by Crippen LogP contribution is -2.19. The number of benzene rings is 3. The van der Waals surface area contributed by atoms with Gasteiger partial charge in [0.2, 0.25) is 5.78 Å². The van der Waals surface area contributed by atoms with Crippen molar-refractivity contribution >= 4 is 57.6 Å². The van der Waals surface area contributed by atoms with Gasteiger partial charge < -0.3 is 4.90 Å². The smallest absolute Gasteiger partial charge is 0.253 e. The molecule has 0 N–H and O–H groups in total. The number of carbonyl (C=O) groups excluding carboxylic acids is 1. The van der Waals surface area contributed by atoms with Gasteiger partial charge in [-0.15, -0.1) is 0 Å². The monoisotopic (exact) mass is 389 g/mol. The Morgan fingerprint density at radius 1 is 0.640 bits per heavy atom. The maximum Gasteiger partial charge on any atom is 0.253 e. The molecule has 0 spiro atoms. The van der Waals surface area contributed by atoms with E-state index in [1.165, 1.54) is 0 Å². The average molecular weight is 391 g/mol. The molecule has 0 aliphatic heterocycles. The normalized spacial score (nSPS) is 11.2. The fraction of sp³-hybridized carbons (Fsp3) is 0.0500. The SMILES string of the molecule is O=C(c1ccc(N(c2ccccc2)c2ccccc2)cc1)C(Cl)(Cl)Cl. The number of rotatable bonds is 4. The molecule has 0 aliphatic carbocycles. The van der Waals surface area contributed by atoms with Gasteiger partial charge in [-0.2, -0.15) is 0 Å². The minimum absolute atomic E-state index is 0.352. The molecule has 2 nitrogen and oxygen atoms in total. The van der Waals surface area contributed by atoms with Crippen LogP contribution in [0.25, 0.3) is 0 Å². The number of hydrogen-bond donors (Lipinski definition) is 0. The van der Waals surface area contributed by atoms with Crippen molar-refractivity contribution in [2.24, 2.45) is 0 Å². The zero-order valence-electron chi connectivity index (χ0n) is 13.1. The molecule has 3 aromatic carbocycles. The van der Waals surface area contributed by atoms with Crippen molar-refractivity contribution in [2.45, 2.75) is 3.79 Å². The van der Waals surface area contributed by atoms with Gasteiger partial charge in [-0.1, -0.05) is 71.2 Å². The summed E-state index contributed by atoms with van der Waals surface area (Å²) in [6.07, 6.45) is 0. The molecule has 126 valence electrons. The van der Waals surface area contributed by atoms with Crippen molar-refractivity contribution in [1.29, 1.82) is 0 Å². The minimum atomic E-state index is -1.96. The second kappa shape index (κ2) is 7.49.